The molecular formula is C8H8ClN3S. The summed E-state index contributed by atoms with van der Waals surface area (Å²) in [5, 5.41) is 6.74. The molecule has 0 aliphatic carbocycles. The highest BCUT2D eigenvalue weighted by Gasteiger charge is 2.01. The molecule has 0 aliphatic rings. The first-order chi connectivity index (χ1) is 6.25. The van der Waals surface area contributed by atoms with Gasteiger partial charge in [0.2, 0.25) is 0 Å². The van der Waals surface area contributed by atoms with Gasteiger partial charge in [0.25, 0.3) is 0 Å². The Labute approximate surface area is 84.7 Å². The van der Waals surface area contributed by atoms with Gasteiger partial charge in [0.05, 0.1) is 17.8 Å². The minimum Gasteiger partial charge on any atom is -0.384 e. The smallest absolute Gasteiger partial charge is 0.122 e. The Morgan fingerprint density at radius 3 is 3.00 bits per heavy atom. The Kier molecular flexibility index (Phi) is 2.24. The number of hydrogen-bond donors (Lipinski definition) is 1. The molecule has 0 radical (unpaired) electrons. The lowest BCUT2D eigenvalue weighted by molar-refractivity contribution is 0.705. The molecule has 68 valence electrons. The Morgan fingerprint density at radius 2 is 2.46 bits per heavy atom. The second kappa shape index (κ2) is 3.40. The predicted molar refractivity (Wildman–Crippen MR) is 55.1 cm³/mol. The summed E-state index contributed by atoms with van der Waals surface area (Å²) in [6.07, 6.45) is 1.69. The number of nitrogens with two attached hydrogens (primary N) is 1. The number of nitrogens with zero attached hydrogens (tertiary/aromatic N) is 2. The van der Waals surface area contributed by atoms with Crippen molar-refractivity contribution < 1.29 is 0 Å². The SMILES string of the molecule is Nc1ccnn1Cc1cc(Cl)cs1. The van der Waals surface area contributed by atoms with Crippen LogP contribution in [0, 0.1) is 0 Å². The van der Waals surface area contributed by atoms with Gasteiger partial charge in [-0.25, -0.2) is 4.68 Å². The predicted octanol–water partition coefficient (Wildman–Crippen LogP) is 2.23. The standard InChI is InChI=1S/C8H8ClN3S/c9-6-3-7(13-5-6)4-12-8(10)1-2-11-12/h1-3,5H,4,10H2. The molecule has 5 heteroatoms. The van der Waals surface area contributed by atoms with Crippen molar-refractivity contribution in [2.45, 2.75) is 6.54 Å². The zero-order valence-corrected chi connectivity index (χ0v) is 8.35. The van der Waals surface area contributed by atoms with Gasteiger partial charge in [0.15, 0.2) is 0 Å². The van der Waals surface area contributed by atoms with Gasteiger partial charge in [-0.1, -0.05) is 11.6 Å². The van der Waals surface area contributed by atoms with Crippen LogP contribution in [0.25, 0.3) is 0 Å². The zero-order chi connectivity index (χ0) is 9.26. The number of nitrogen functional groups attached to an aromatic ring is 1. The molecule has 2 rings (SSSR count). The molecule has 0 spiro atoms. The lowest BCUT2D eigenvalue weighted by Gasteiger charge is -2.00. The largest absolute Gasteiger partial charge is 0.384 e. The molecule has 0 unspecified atom stereocenters. The Bertz CT molecular complexity index is 407. The zero-order valence-electron chi connectivity index (χ0n) is 6.77. The van der Waals surface area contributed by atoms with Gasteiger partial charge in [-0.2, -0.15) is 5.10 Å². The Morgan fingerprint density at radius 1 is 1.62 bits per heavy atom. The van der Waals surface area contributed by atoms with Crippen molar-refractivity contribution in [2.75, 3.05) is 5.73 Å². The van der Waals surface area contributed by atoms with Crippen molar-refractivity contribution in [3.63, 3.8) is 0 Å². The number of anilines is 1. The lowest BCUT2D eigenvalue weighted by Crippen LogP contribution is -2.04. The molecule has 0 aliphatic heterocycles. The van der Waals surface area contributed by atoms with E-state index in [-0.39, 0.29) is 0 Å². The van der Waals surface area contributed by atoms with Crippen LogP contribution in [0.1, 0.15) is 4.88 Å². The van der Waals surface area contributed by atoms with E-state index >= 15 is 0 Å². The minimum atomic E-state index is 0.671. The molecule has 13 heavy (non-hydrogen) atoms. The van der Waals surface area contributed by atoms with E-state index in [0.717, 1.165) is 9.90 Å². The van der Waals surface area contributed by atoms with Crippen molar-refractivity contribution in [2.24, 2.45) is 0 Å². The molecule has 2 aromatic rings. The number of halogens is 1. The first-order valence-corrected chi connectivity index (χ1v) is 5.01. The molecule has 0 saturated heterocycles. The van der Waals surface area contributed by atoms with Crippen LogP contribution in [0.15, 0.2) is 23.7 Å². The van der Waals surface area contributed by atoms with Gasteiger partial charge in [-0.3, -0.25) is 0 Å². The summed E-state index contributed by atoms with van der Waals surface area (Å²) in [5.74, 6) is 0.671. The van der Waals surface area contributed by atoms with Gasteiger partial charge in [-0.15, -0.1) is 11.3 Å². The van der Waals surface area contributed by atoms with E-state index in [9.17, 15) is 0 Å². The highest BCUT2D eigenvalue weighted by atomic mass is 35.5. The van der Waals surface area contributed by atoms with Crippen LogP contribution in [0.4, 0.5) is 5.82 Å². The summed E-state index contributed by atoms with van der Waals surface area (Å²) < 4.78 is 1.74. The Hall–Kier alpha value is -1.000. The Balaban J connectivity index is 2.19. The fraction of sp³-hybridized carbons (Fsp3) is 0.125. The van der Waals surface area contributed by atoms with Crippen molar-refractivity contribution >= 4 is 28.8 Å². The van der Waals surface area contributed by atoms with E-state index < -0.39 is 0 Å². The molecule has 0 amide bonds. The normalized spacial score (nSPS) is 10.5. The maximum Gasteiger partial charge on any atom is 0.122 e. The van der Waals surface area contributed by atoms with Gasteiger partial charge in [-0.05, 0) is 12.1 Å². The van der Waals surface area contributed by atoms with Gasteiger partial charge in [0.1, 0.15) is 5.82 Å². The molecule has 0 saturated carbocycles. The van der Waals surface area contributed by atoms with Crippen molar-refractivity contribution in [3.8, 4) is 0 Å². The van der Waals surface area contributed by atoms with Crippen LogP contribution < -0.4 is 5.73 Å². The summed E-state index contributed by atoms with van der Waals surface area (Å²) >= 11 is 7.40. The van der Waals surface area contributed by atoms with E-state index in [1.165, 1.54) is 0 Å². The fourth-order valence-corrected chi connectivity index (χ4v) is 2.11. The maximum absolute atomic E-state index is 5.79. The molecule has 0 bridgehead atoms. The molecule has 0 atom stereocenters. The van der Waals surface area contributed by atoms with Crippen LogP contribution in [-0.2, 0) is 6.54 Å². The third-order valence-electron chi connectivity index (χ3n) is 1.68. The van der Waals surface area contributed by atoms with Gasteiger partial charge < -0.3 is 5.73 Å². The molecule has 2 N–H and O–H groups in total. The molecular weight excluding hydrogens is 206 g/mol. The number of aromatic nitrogens is 2. The lowest BCUT2D eigenvalue weighted by atomic mass is 10.4. The van der Waals surface area contributed by atoms with E-state index in [1.54, 1.807) is 28.3 Å². The quantitative estimate of drug-likeness (QED) is 0.832. The summed E-state index contributed by atoms with van der Waals surface area (Å²) in [6.45, 7) is 0.691. The van der Waals surface area contributed by atoms with E-state index in [0.29, 0.717) is 12.4 Å². The van der Waals surface area contributed by atoms with Gasteiger partial charge >= 0.3 is 0 Å². The highest BCUT2D eigenvalue weighted by Crippen LogP contribution is 2.20. The topological polar surface area (TPSA) is 43.8 Å². The highest BCUT2D eigenvalue weighted by molar-refractivity contribution is 7.10. The molecule has 0 fully saturated rings. The van der Waals surface area contributed by atoms with Crippen LogP contribution in [0.5, 0.6) is 0 Å². The monoisotopic (exact) mass is 213 g/mol. The first-order valence-electron chi connectivity index (χ1n) is 3.76. The van der Waals surface area contributed by atoms with Crippen LogP contribution >= 0.6 is 22.9 Å². The first kappa shape index (κ1) is 8.59. The van der Waals surface area contributed by atoms with Crippen LogP contribution in [0.3, 0.4) is 0 Å². The van der Waals surface area contributed by atoms with Crippen LogP contribution in [-0.4, -0.2) is 9.78 Å². The van der Waals surface area contributed by atoms with Crippen LogP contribution in [0.2, 0.25) is 5.02 Å². The van der Waals surface area contributed by atoms with Crippen molar-refractivity contribution in [1.29, 1.82) is 0 Å². The average molecular weight is 214 g/mol. The van der Waals surface area contributed by atoms with Crippen molar-refractivity contribution in [3.05, 3.63) is 33.6 Å². The summed E-state index contributed by atoms with van der Waals surface area (Å²) in [6, 6.07) is 3.70. The molecule has 2 heterocycles. The summed E-state index contributed by atoms with van der Waals surface area (Å²) in [4.78, 5) is 1.15. The molecule has 2 aromatic heterocycles. The third kappa shape index (κ3) is 1.84. The second-order valence-corrected chi connectivity index (χ2v) is 4.08. The van der Waals surface area contributed by atoms with Crippen molar-refractivity contribution in [1.82, 2.24) is 9.78 Å². The molecule has 3 nitrogen and oxygen atoms in total. The maximum atomic E-state index is 5.79. The fourth-order valence-electron chi connectivity index (χ4n) is 1.06. The average Bonchev–Trinajstić information content (AvgIpc) is 2.64. The minimum absolute atomic E-state index is 0.671. The van der Waals surface area contributed by atoms with E-state index in [4.69, 9.17) is 17.3 Å². The number of hydrogen-bond acceptors (Lipinski definition) is 3. The third-order valence-corrected chi connectivity index (χ3v) is 2.95. The number of rotatable bonds is 2. The number of thiophene rings is 1. The van der Waals surface area contributed by atoms with E-state index in [2.05, 4.69) is 5.10 Å². The van der Waals surface area contributed by atoms with E-state index in [1.807, 2.05) is 11.4 Å². The second-order valence-electron chi connectivity index (χ2n) is 2.64. The van der Waals surface area contributed by atoms with Gasteiger partial charge in [0, 0.05) is 10.3 Å². The summed E-state index contributed by atoms with van der Waals surface area (Å²) in [7, 11) is 0. The molecule has 0 aromatic carbocycles. The summed E-state index contributed by atoms with van der Waals surface area (Å²) in [5.41, 5.74) is 5.67.